The number of nitrogens with one attached hydrogen (secondary N) is 2. The zero-order chi connectivity index (χ0) is 12.1. The summed E-state index contributed by atoms with van der Waals surface area (Å²) in [4.78, 5) is 14.7. The summed E-state index contributed by atoms with van der Waals surface area (Å²) in [7, 11) is 0. The van der Waals surface area contributed by atoms with Crippen LogP contribution < -0.4 is 5.43 Å². The lowest BCUT2D eigenvalue weighted by atomic mass is 10.2. The van der Waals surface area contributed by atoms with Crippen LogP contribution in [0.3, 0.4) is 0 Å². The summed E-state index contributed by atoms with van der Waals surface area (Å²) in [5, 5.41) is 4.03. The van der Waals surface area contributed by atoms with E-state index < -0.39 is 0 Å². The van der Waals surface area contributed by atoms with Crippen molar-refractivity contribution in [2.24, 2.45) is 5.10 Å². The number of aromatic nitrogens is 1. The lowest BCUT2D eigenvalue weighted by Crippen LogP contribution is -2.19. The molecule has 2 N–H and O–H groups in total. The lowest BCUT2D eigenvalue weighted by Gasteiger charge is -2.01. The van der Waals surface area contributed by atoms with E-state index in [4.69, 9.17) is 0 Å². The molecule has 0 saturated heterocycles. The predicted octanol–water partition coefficient (Wildman–Crippen LogP) is 2.17. The van der Waals surface area contributed by atoms with Gasteiger partial charge in [-0.1, -0.05) is 18.2 Å². The molecule has 2 rings (SSSR count). The van der Waals surface area contributed by atoms with Crippen LogP contribution in [0, 0.1) is 0 Å². The van der Waals surface area contributed by atoms with E-state index in [-0.39, 0.29) is 5.91 Å². The molecule has 0 radical (unpaired) electrons. The Kier molecular flexibility index (Phi) is 3.35. The highest BCUT2D eigenvalue weighted by molar-refractivity contribution is 5.99. The molecule has 0 aliphatic carbocycles. The smallest absolute Gasteiger partial charge is 0.271 e. The van der Waals surface area contributed by atoms with Crippen molar-refractivity contribution in [3.05, 3.63) is 59.9 Å². The number of nitrogens with zero attached hydrogens (tertiary/aromatic N) is 1. The normalized spacial score (nSPS) is 11.2. The monoisotopic (exact) mass is 227 g/mol. The van der Waals surface area contributed by atoms with E-state index in [0.29, 0.717) is 5.56 Å². The van der Waals surface area contributed by atoms with Gasteiger partial charge in [-0.25, -0.2) is 5.43 Å². The molecule has 0 unspecified atom stereocenters. The Hall–Kier alpha value is -2.36. The van der Waals surface area contributed by atoms with E-state index in [9.17, 15) is 4.79 Å². The number of carbonyl (C=O) groups is 1. The van der Waals surface area contributed by atoms with Gasteiger partial charge in [-0.05, 0) is 31.2 Å². The fraction of sp³-hybridized carbons (Fsp3) is 0.0769. The third-order valence-electron chi connectivity index (χ3n) is 2.35. The van der Waals surface area contributed by atoms with Gasteiger partial charge in [0.1, 0.15) is 0 Å². The molecule has 86 valence electrons. The Morgan fingerprint density at radius 2 is 1.94 bits per heavy atom. The maximum atomic E-state index is 11.7. The second-order valence-corrected chi connectivity index (χ2v) is 3.59. The van der Waals surface area contributed by atoms with E-state index in [2.05, 4.69) is 15.5 Å². The van der Waals surface area contributed by atoms with Crippen molar-refractivity contribution < 1.29 is 4.79 Å². The van der Waals surface area contributed by atoms with E-state index in [1.165, 1.54) is 0 Å². The quantitative estimate of drug-likeness (QED) is 0.612. The van der Waals surface area contributed by atoms with Crippen LogP contribution in [0.15, 0.2) is 53.8 Å². The number of aromatic amines is 1. The first-order valence-electron chi connectivity index (χ1n) is 5.31. The summed E-state index contributed by atoms with van der Waals surface area (Å²) in [5.41, 5.74) is 4.73. The van der Waals surface area contributed by atoms with Gasteiger partial charge in [0.15, 0.2) is 0 Å². The Bertz CT molecular complexity index is 515. The van der Waals surface area contributed by atoms with Crippen molar-refractivity contribution in [3.63, 3.8) is 0 Å². The fourth-order valence-corrected chi connectivity index (χ4v) is 1.40. The van der Waals surface area contributed by atoms with E-state index in [0.717, 1.165) is 11.4 Å². The van der Waals surface area contributed by atoms with Crippen LogP contribution >= 0.6 is 0 Å². The van der Waals surface area contributed by atoms with Crippen LogP contribution in [-0.2, 0) is 0 Å². The number of rotatable bonds is 3. The maximum absolute atomic E-state index is 11.7. The molecule has 0 aliphatic heterocycles. The van der Waals surface area contributed by atoms with Gasteiger partial charge in [-0.15, -0.1) is 0 Å². The molecule has 1 amide bonds. The van der Waals surface area contributed by atoms with Crippen molar-refractivity contribution in [1.29, 1.82) is 0 Å². The minimum absolute atomic E-state index is 0.212. The second-order valence-electron chi connectivity index (χ2n) is 3.59. The van der Waals surface area contributed by atoms with Gasteiger partial charge < -0.3 is 4.98 Å². The minimum Gasteiger partial charge on any atom is -0.360 e. The number of carbonyl (C=O) groups excluding carboxylic acids is 1. The highest BCUT2D eigenvalue weighted by Crippen LogP contribution is 1.99. The first kappa shape index (κ1) is 11.1. The number of hydrogen-bond acceptors (Lipinski definition) is 2. The average Bonchev–Trinajstić information content (AvgIpc) is 2.90. The van der Waals surface area contributed by atoms with Gasteiger partial charge in [-0.3, -0.25) is 4.79 Å². The highest BCUT2D eigenvalue weighted by atomic mass is 16.2. The van der Waals surface area contributed by atoms with E-state index in [1.54, 1.807) is 12.1 Å². The molecule has 0 bridgehead atoms. The van der Waals surface area contributed by atoms with Gasteiger partial charge >= 0.3 is 0 Å². The maximum Gasteiger partial charge on any atom is 0.271 e. The summed E-state index contributed by atoms with van der Waals surface area (Å²) in [6, 6.07) is 12.8. The number of hydrogen-bond donors (Lipinski definition) is 2. The minimum atomic E-state index is -0.212. The number of benzene rings is 1. The SMILES string of the molecule is CC(=NNC(=O)c1ccccc1)c1ccc[nH]1. The Balaban J connectivity index is 2.04. The highest BCUT2D eigenvalue weighted by Gasteiger charge is 2.03. The standard InChI is InChI=1S/C13H13N3O/c1-10(12-8-5-9-14-12)15-16-13(17)11-6-3-2-4-7-11/h2-9,14H,1H3,(H,16,17). The van der Waals surface area contributed by atoms with Crippen molar-refractivity contribution in [3.8, 4) is 0 Å². The van der Waals surface area contributed by atoms with Crippen molar-refractivity contribution in [2.45, 2.75) is 6.92 Å². The fourth-order valence-electron chi connectivity index (χ4n) is 1.40. The summed E-state index contributed by atoms with van der Waals surface area (Å²) in [6.07, 6.45) is 1.81. The molecule has 4 heteroatoms. The topological polar surface area (TPSA) is 57.2 Å². The van der Waals surface area contributed by atoms with Crippen LogP contribution in [0.4, 0.5) is 0 Å². The van der Waals surface area contributed by atoms with Crippen LogP contribution in [0.1, 0.15) is 23.0 Å². The molecule has 1 heterocycles. The Morgan fingerprint density at radius 1 is 1.18 bits per heavy atom. The molecular formula is C13H13N3O. The first-order chi connectivity index (χ1) is 8.27. The molecule has 2 aromatic rings. The predicted molar refractivity (Wildman–Crippen MR) is 66.9 cm³/mol. The van der Waals surface area contributed by atoms with Gasteiger partial charge in [0.05, 0.1) is 11.4 Å². The van der Waals surface area contributed by atoms with Crippen LogP contribution in [0.25, 0.3) is 0 Å². The van der Waals surface area contributed by atoms with Crippen LogP contribution in [-0.4, -0.2) is 16.6 Å². The number of amides is 1. The molecule has 0 aliphatic rings. The molecule has 0 fully saturated rings. The Labute approximate surface area is 99.4 Å². The third kappa shape index (κ3) is 2.81. The van der Waals surface area contributed by atoms with Crippen LogP contribution in [0.2, 0.25) is 0 Å². The largest absolute Gasteiger partial charge is 0.360 e. The lowest BCUT2D eigenvalue weighted by molar-refractivity contribution is 0.0955. The third-order valence-corrected chi connectivity index (χ3v) is 2.35. The van der Waals surface area contributed by atoms with Crippen molar-refractivity contribution >= 4 is 11.6 Å². The summed E-state index contributed by atoms with van der Waals surface area (Å²) >= 11 is 0. The van der Waals surface area contributed by atoms with Crippen molar-refractivity contribution in [2.75, 3.05) is 0 Å². The van der Waals surface area contributed by atoms with E-state index >= 15 is 0 Å². The molecule has 1 aromatic heterocycles. The average molecular weight is 227 g/mol. The van der Waals surface area contributed by atoms with Gasteiger partial charge in [0.2, 0.25) is 0 Å². The number of H-pyrrole nitrogens is 1. The van der Waals surface area contributed by atoms with E-state index in [1.807, 2.05) is 43.5 Å². The van der Waals surface area contributed by atoms with Gasteiger partial charge in [0.25, 0.3) is 5.91 Å². The molecular weight excluding hydrogens is 214 g/mol. The summed E-state index contributed by atoms with van der Waals surface area (Å²) in [6.45, 7) is 1.83. The zero-order valence-electron chi connectivity index (χ0n) is 9.47. The molecule has 0 saturated carbocycles. The second kappa shape index (κ2) is 5.12. The van der Waals surface area contributed by atoms with Crippen molar-refractivity contribution in [1.82, 2.24) is 10.4 Å². The zero-order valence-corrected chi connectivity index (χ0v) is 9.47. The molecule has 0 atom stereocenters. The van der Waals surface area contributed by atoms with Gasteiger partial charge in [0, 0.05) is 11.8 Å². The van der Waals surface area contributed by atoms with Crippen LogP contribution in [0.5, 0.6) is 0 Å². The molecule has 4 nitrogen and oxygen atoms in total. The Morgan fingerprint density at radius 3 is 2.59 bits per heavy atom. The number of hydrazone groups is 1. The molecule has 17 heavy (non-hydrogen) atoms. The van der Waals surface area contributed by atoms with Gasteiger partial charge in [-0.2, -0.15) is 5.10 Å². The first-order valence-corrected chi connectivity index (χ1v) is 5.31. The summed E-state index contributed by atoms with van der Waals surface area (Å²) in [5.74, 6) is -0.212. The summed E-state index contributed by atoms with van der Waals surface area (Å²) < 4.78 is 0. The molecule has 0 spiro atoms. The molecule has 1 aromatic carbocycles.